The highest BCUT2D eigenvalue weighted by Crippen LogP contribution is 2.52. The summed E-state index contributed by atoms with van der Waals surface area (Å²) in [4.78, 5) is 27.0. The molecule has 0 N–H and O–H groups in total. The third-order valence-electron chi connectivity index (χ3n) is 5.40. The Morgan fingerprint density at radius 2 is 1.82 bits per heavy atom. The zero-order valence-corrected chi connectivity index (χ0v) is 12.1. The molecule has 5 rings (SSSR count). The van der Waals surface area contributed by atoms with Crippen molar-refractivity contribution in [3.8, 4) is 0 Å². The van der Waals surface area contributed by atoms with Gasteiger partial charge in [0.25, 0.3) is 5.91 Å². The van der Waals surface area contributed by atoms with Crippen LogP contribution in [0.25, 0.3) is 10.8 Å². The molecule has 0 aromatic heterocycles. The molecule has 2 amide bonds. The maximum absolute atomic E-state index is 12.8. The van der Waals surface area contributed by atoms with Crippen LogP contribution < -0.4 is 4.90 Å². The molecule has 1 heterocycles. The minimum atomic E-state index is -0.164. The van der Waals surface area contributed by atoms with E-state index in [0.717, 1.165) is 35.6 Å². The van der Waals surface area contributed by atoms with Gasteiger partial charge in [0, 0.05) is 5.57 Å². The van der Waals surface area contributed by atoms with Crippen molar-refractivity contribution < 1.29 is 9.59 Å². The number of anilines is 1. The third kappa shape index (κ3) is 1.41. The minimum absolute atomic E-state index is 0.0185. The SMILES string of the molecule is O=C1C2=C3CCC(C3)C2C(=O)N1c1ccc2ccccc2c1. The van der Waals surface area contributed by atoms with Crippen molar-refractivity contribution in [2.45, 2.75) is 19.3 Å². The summed E-state index contributed by atoms with van der Waals surface area (Å²) in [5.74, 6) is 0.104. The van der Waals surface area contributed by atoms with Gasteiger partial charge in [-0.2, -0.15) is 0 Å². The molecule has 0 spiro atoms. The Kier molecular flexibility index (Phi) is 2.25. The number of fused-ring (bicyclic) bond motifs is 5. The first-order valence-corrected chi connectivity index (χ1v) is 7.83. The molecule has 1 saturated carbocycles. The van der Waals surface area contributed by atoms with Crippen LogP contribution in [0, 0.1) is 11.8 Å². The topological polar surface area (TPSA) is 37.4 Å². The molecule has 2 aromatic carbocycles. The maximum atomic E-state index is 12.8. The molecular formula is C19H15NO2. The van der Waals surface area contributed by atoms with Crippen LogP contribution in [0.3, 0.4) is 0 Å². The van der Waals surface area contributed by atoms with Crippen molar-refractivity contribution in [2.24, 2.45) is 11.8 Å². The van der Waals surface area contributed by atoms with Gasteiger partial charge in [-0.15, -0.1) is 0 Å². The van der Waals surface area contributed by atoms with Gasteiger partial charge >= 0.3 is 0 Å². The first-order chi connectivity index (χ1) is 10.7. The first-order valence-electron chi connectivity index (χ1n) is 7.83. The van der Waals surface area contributed by atoms with Gasteiger partial charge in [-0.1, -0.05) is 35.9 Å². The van der Waals surface area contributed by atoms with E-state index >= 15 is 0 Å². The number of imide groups is 1. The van der Waals surface area contributed by atoms with Gasteiger partial charge in [-0.05, 0) is 48.1 Å². The summed E-state index contributed by atoms with van der Waals surface area (Å²) < 4.78 is 0. The van der Waals surface area contributed by atoms with Crippen LogP contribution in [0.15, 0.2) is 53.6 Å². The molecule has 22 heavy (non-hydrogen) atoms. The molecular weight excluding hydrogens is 274 g/mol. The van der Waals surface area contributed by atoms with E-state index in [4.69, 9.17) is 0 Å². The van der Waals surface area contributed by atoms with Crippen LogP contribution in [0.2, 0.25) is 0 Å². The van der Waals surface area contributed by atoms with Crippen molar-refractivity contribution in [3.05, 3.63) is 53.6 Å². The van der Waals surface area contributed by atoms with Gasteiger partial charge in [-0.3, -0.25) is 9.59 Å². The highest BCUT2D eigenvalue weighted by molar-refractivity contribution is 6.30. The molecule has 1 aliphatic heterocycles. The second-order valence-electron chi connectivity index (χ2n) is 6.51. The minimum Gasteiger partial charge on any atom is -0.273 e. The van der Waals surface area contributed by atoms with E-state index in [9.17, 15) is 9.59 Å². The number of carbonyl (C=O) groups excluding carboxylic acids is 2. The molecule has 108 valence electrons. The Bertz CT molecular complexity index is 880. The van der Waals surface area contributed by atoms with Crippen LogP contribution in [-0.2, 0) is 9.59 Å². The Labute approximate surface area is 128 Å². The Morgan fingerprint density at radius 1 is 1.00 bits per heavy atom. The van der Waals surface area contributed by atoms with Crippen LogP contribution >= 0.6 is 0 Å². The van der Waals surface area contributed by atoms with E-state index in [-0.39, 0.29) is 17.7 Å². The predicted octanol–water partition coefficient (Wildman–Crippen LogP) is 3.44. The van der Waals surface area contributed by atoms with E-state index in [1.165, 1.54) is 10.5 Å². The summed E-state index contributed by atoms with van der Waals surface area (Å²) in [5, 5.41) is 2.17. The molecule has 0 radical (unpaired) electrons. The zero-order chi connectivity index (χ0) is 14.8. The standard InChI is InChI=1S/C19H15NO2/c21-18-16-13-5-6-14(9-13)17(16)19(22)20(18)15-8-7-11-3-1-2-4-12(11)10-15/h1-4,7-8,10,13,16H,5-6,9H2. The molecule has 2 aromatic rings. The number of rotatable bonds is 1. The molecule has 2 aliphatic carbocycles. The second-order valence-corrected chi connectivity index (χ2v) is 6.51. The average Bonchev–Trinajstić information content (AvgIpc) is 3.21. The van der Waals surface area contributed by atoms with Gasteiger partial charge in [0.05, 0.1) is 11.6 Å². The van der Waals surface area contributed by atoms with Crippen LogP contribution in [0.5, 0.6) is 0 Å². The highest BCUT2D eigenvalue weighted by atomic mass is 16.2. The van der Waals surface area contributed by atoms with E-state index < -0.39 is 0 Å². The predicted molar refractivity (Wildman–Crippen MR) is 84.3 cm³/mol. The summed E-state index contributed by atoms with van der Waals surface area (Å²) in [6.45, 7) is 0. The number of nitrogens with zero attached hydrogens (tertiary/aromatic N) is 1. The van der Waals surface area contributed by atoms with Crippen molar-refractivity contribution in [1.29, 1.82) is 0 Å². The van der Waals surface area contributed by atoms with Crippen molar-refractivity contribution in [1.82, 2.24) is 0 Å². The number of carbonyl (C=O) groups is 2. The summed E-state index contributed by atoms with van der Waals surface area (Å²) in [6.07, 6.45) is 3.03. The highest BCUT2D eigenvalue weighted by Gasteiger charge is 2.54. The van der Waals surface area contributed by atoms with Crippen molar-refractivity contribution in [2.75, 3.05) is 4.90 Å². The lowest BCUT2D eigenvalue weighted by Gasteiger charge is -2.17. The number of hydrogen-bond acceptors (Lipinski definition) is 2. The quantitative estimate of drug-likeness (QED) is 0.754. The Morgan fingerprint density at radius 3 is 2.64 bits per heavy atom. The number of amides is 2. The van der Waals surface area contributed by atoms with Gasteiger partial charge in [0.15, 0.2) is 0 Å². The van der Waals surface area contributed by atoms with E-state index in [0.29, 0.717) is 11.6 Å². The lowest BCUT2D eigenvalue weighted by atomic mass is 9.88. The molecule has 3 nitrogen and oxygen atoms in total. The summed E-state index contributed by atoms with van der Waals surface area (Å²) >= 11 is 0. The van der Waals surface area contributed by atoms with Gasteiger partial charge in [0.1, 0.15) is 0 Å². The molecule has 2 bridgehead atoms. The number of allylic oxidation sites excluding steroid dienone is 1. The normalized spacial score (nSPS) is 26.5. The third-order valence-corrected chi connectivity index (χ3v) is 5.40. The maximum Gasteiger partial charge on any atom is 0.261 e. The Hall–Kier alpha value is -2.42. The summed E-state index contributed by atoms with van der Waals surface area (Å²) in [7, 11) is 0. The van der Waals surface area contributed by atoms with E-state index in [1.807, 2.05) is 42.5 Å². The number of hydrogen-bond donors (Lipinski definition) is 0. The summed E-state index contributed by atoms with van der Waals surface area (Å²) in [6, 6.07) is 13.8. The van der Waals surface area contributed by atoms with E-state index in [1.54, 1.807) is 0 Å². The van der Waals surface area contributed by atoms with Crippen molar-refractivity contribution in [3.63, 3.8) is 0 Å². The first kappa shape index (κ1) is 12.2. The number of benzene rings is 2. The smallest absolute Gasteiger partial charge is 0.261 e. The van der Waals surface area contributed by atoms with E-state index in [2.05, 4.69) is 0 Å². The summed E-state index contributed by atoms with van der Waals surface area (Å²) in [5.41, 5.74) is 2.75. The van der Waals surface area contributed by atoms with Gasteiger partial charge < -0.3 is 0 Å². The fourth-order valence-corrected chi connectivity index (χ4v) is 4.39. The van der Waals surface area contributed by atoms with Crippen LogP contribution in [-0.4, -0.2) is 11.8 Å². The van der Waals surface area contributed by atoms with Gasteiger partial charge in [0.2, 0.25) is 5.91 Å². The van der Waals surface area contributed by atoms with Gasteiger partial charge in [-0.25, -0.2) is 4.90 Å². The second kappa shape index (κ2) is 4.07. The molecule has 3 aliphatic rings. The molecule has 1 saturated heterocycles. The zero-order valence-electron chi connectivity index (χ0n) is 12.1. The molecule has 2 atom stereocenters. The monoisotopic (exact) mass is 289 g/mol. The molecule has 2 fully saturated rings. The lowest BCUT2D eigenvalue weighted by molar-refractivity contribution is -0.122. The van der Waals surface area contributed by atoms with Crippen LogP contribution in [0.4, 0.5) is 5.69 Å². The molecule has 2 unspecified atom stereocenters. The largest absolute Gasteiger partial charge is 0.273 e. The fraction of sp³-hybridized carbons (Fsp3) is 0.263. The average molecular weight is 289 g/mol. The van der Waals surface area contributed by atoms with Crippen molar-refractivity contribution >= 4 is 28.3 Å². The lowest BCUT2D eigenvalue weighted by Crippen LogP contribution is -2.32. The molecule has 3 heteroatoms. The fourth-order valence-electron chi connectivity index (χ4n) is 4.39. The van der Waals surface area contributed by atoms with Crippen LogP contribution in [0.1, 0.15) is 19.3 Å². The Balaban J connectivity index is 1.64.